The normalized spacial score (nSPS) is 17.1. The van der Waals surface area contributed by atoms with Crippen LogP contribution in [-0.2, 0) is 61.9 Å². The van der Waals surface area contributed by atoms with Crippen LogP contribution in [0.1, 0.15) is 194 Å². The van der Waals surface area contributed by atoms with Gasteiger partial charge in [0.2, 0.25) is 12.4 Å². The van der Waals surface area contributed by atoms with Crippen LogP contribution in [0.2, 0.25) is 0 Å². The minimum Gasteiger partial charge on any atom is -0.466 e. The van der Waals surface area contributed by atoms with Crippen LogP contribution in [0.5, 0.6) is 0 Å². The van der Waals surface area contributed by atoms with Crippen LogP contribution < -0.4 is 0 Å². The standard InChI is InChI=1S/C49H88N2O13/c1-7-9-11-17-23-29-41(52)58-37-27-21-15-13-19-25-31-44(55)62-47-40(39-60-43(54)33-35-50(3)4)61-49(64-46(57)34-36-51(5)6)48(47)63-45(56)32-26-20-14-16-22-28-38-59-42(53)30-24-18-12-10-8-2/h40,47-49H,7-39H2,1-6H3/t40-,47?,48+,49+/m1/s1. The minimum absolute atomic E-state index is 0.0497. The third kappa shape index (κ3) is 32.4. The summed E-state index contributed by atoms with van der Waals surface area (Å²) in [4.78, 5) is 79.6. The first-order chi connectivity index (χ1) is 30.9. The monoisotopic (exact) mass is 913 g/mol. The predicted molar refractivity (Wildman–Crippen MR) is 245 cm³/mol. The lowest BCUT2D eigenvalue weighted by molar-refractivity contribution is -0.200. The minimum atomic E-state index is -1.37. The number of carbonyl (C=O) groups is 6. The highest BCUT2D eigenvalue weighted by Gasteiger charge is 2.52. The quantitative estimate of drug-likeness (QED) is 0.0323. The molecule has 0 aromatic carbocycles. The van der Waals surface area contributed by atoms with Crippen molar-refractivity contribution in [2.24, 2.45) is 0 Å². The molecule has 1 aliphatic heterocycles. The maximum atomic E-state index is 13.3. The number of esters is 6. The van der Waals surface area contributed by atoms with E-state index in [9.17, 15) is 28.8 Å². The molecule has 1 fully saturated rings. The summed E-state index contributed by atoms with van der Waals surface area (Å²) in [5, 5.41) is 0. The summed E-state index contributed by atoms with van der Waals surface area (Å²) in [5.74, 6) is -2.40. The van der Waals surface area contributed by atoms with Crippen molar-refractivity contribution in [3.05, 3.63) is 0 Å². The molecule has 0 amide bonds. The fourth-order valence-corrected chi connectivity index (χ4v) is 7.09. The molecule has 1 aliphatic rings. The van der Waals surface area contributed by atoms with Gasteiger partial charge in [0.15, 0.2) is 6.10 Å². The number of hydrogen-bond donors (Lipinski definition) is 0. The van der Waals surface area contributed by atoms with Crippen molar-refractivity contribution in [3.63, 3.8) is 0 Å². The number of ether oxygens (including phenoxy) is 7. The van der Waals surface area contributed by atoms with Crippen molar-refractivity contribution >= 4 is 35.8 Å². The zero-order chi connectivity index (χ0) is 47.2. The Morgan fingerprint density at radius 2 is 0.734 bits per heavy atom. The summed E-state index contributed by atoms with van der Waals surface area (Å²) in [6, 6.07) is 0. The first-order valence-corrected chi connectivity index (χ1v) is 24.9. The van der Waals surface area contributed by atoms with Gasteiger partial charge < -0.3 is 43.0 Å². The Balaban J connectivity index is 2.72. The topological polar surface area (TPSA) is 174 Å². The molecule has 15 nitrogen and oxygen atoms in total. The van der Waals surface area contributed by atoms with E-state index in [0.717, 1.165) is 103 Å². The van der Waals surface area contributed by atoms with E-state index in [0.29, 0.717) is 52.0 Å². The third-order valence-electron chi connectivity index (χ3n) is 11.0. The molecule has 0 aromatic rings. The smallest absolute Gasteiger partial charge is 0.309 e. The lowest BCUT2D eigenvalue weighted by Crippen LogP contribution is -2.43. The molecule has 0 N–H and O–H groups in total. The van der Waals surface area contributed by atoms with Crippen molar-refractivity contribution in [2.75, 3.05) is 61.1 Å². The van der Waals surface area contributed by atoms with Crippen molar-refractivity contribution < 1.29 is 61.9 Å². The Labute approximate surface area is 386 Å². The van der Waals surface area contributed by atoms with Gasteiger partial charge in [-0.05, 0) is 66.7 Å². The molecule has 0 radical (unpaired) electrons. The van der Waals surface area contributed by atoms with Gasteiger partial charge in [0.25, 0.3) is 0 Å². The van der Waals surface area contributed by atoms with Gasteiger partial charge in [-0.1, -0.05) is 117 Å². The molecule has 372 valence electrons. The Kier molecular flexibility index (Phi) is 35.7. The Morgan fingerprint density at radius 3 is 1.17 bits per heavy atom. The number of nitrogens with zero attached hydrogens (tertiary/aromatic N) is 2. The van der Waals surface area contributed by atoms with Crippen molar-refractivity contribution in [3.8, 4) is 0 Å². The zero-order valence-corrected chi connectivity index (χ0v) is 40.8. The van der Waals surface area contributed by atoms with Gasteiger partial charge in [-0.25, -0.2) is 0 Å². The average molecular weight is 913 g/mol. The first-order valence-electron chi connectivity index (χ1n) is 24.9. The van der Waals surface area contributed by atoms with Crippen LogP contribution in [0, 0.1) is 0 Å². The van der Waals surface area contributed by atoms with Crippen LogP contribution >= 0.6 is 0 Å². The van der Waals surface area contributed by atoms with Gasteiger partial charge in [-0.3, -0.25) is 28.8 Å². The third-order valence-corrected chi connectivity index (χ3v) is 11.0. The van der Waals surface area contributed by atoms with E-state index in [1.54, 1.807) is 0 Å². The average Bonchev–Trinajstić information content (AvgIpc) is 3.56. The molecule has 0 saturated carbocycles. The van der Waals surface area contributed by atoms with Crippen LogP contribution in [0.25, 0.3) is 0 Å². The molecule has 0 aliphatic carbocycles. The van der Waals surface area contributed by atoms with E-state index < -0.39 is 48.5 Å². The molecular weight excluding hydrogens is 825 g/mol. The number of rotatable bonds is 41. The summed E-state index contributed by atoms with van der Waals surface area (Å²) in [7, 11) is 7.33. The maximum absolute atomic E-state index is 13.3. The van der Waals surface area contributed by atoms with Crippen LogP contribution in [0.3, 0.4) is 0 Å². The second kappa shape index (κ2) is 38.9. The first kappa shape index (κ1) is 58.7. The summed E-state index contributed by atoms with van der Waals surface area (Å²) in [5.41, 5.74) is 0. The fraction of sp³-hybridized carbons (Fsp3) is 0.878. The van der Waals surface area contributed by atoms with Crippen LogP contribution in [0.15, 0.2) is 0 Å². The zero-order valence-electron chi connectivity index (χ0n) is 40.8. The summed E-state index contributed by atoms with van der Waals surface area (Å²) in [6.07, 6.45) is 17.2. The fourth-order valence-electron chi connectivity index (χ4n) is 7.09. The largest absolute Gasteiger partial charge is 0.466 e. The second-order valence-electron chi connectivity index (χ2n) is 17.7. The molecule has 1 unspecified atom stereocenters. The van der Waals surface area contributed by atoms with Gasteiger partial charge >= 0.3 is 35.8 Å². The summed E-state index contributed by atoms with van der Waals surface area (Å²) in [6.45, 7) is 5.77. The predicted octanol–water partition coefficient (Wildman–Crippen LogP) is 8.79. The Hall–Kier alpha value is -3.30. The summed E-state index contributed by atoms with van der Waals surface area (Å²) < 4.78 is 39.8. The molecular formula is C49H88N2O13. The van der Waals surface area contributed by atoms with E-state index in [1.165, 1.54) is 25.7 Å². The molecule has 1 rings (SSSR count). The van der Waals surface area contributed by atoms with E-state index in [1.807, 2.05) is 38.0 Å². The van der Waals surface area contributed by atoms with Crippen molar-refractivity contribution in [1.82, 2.24) is 9.80 Å². The molecule has 64 heavy (non-hydrogen) atoms. The SMILES string of the molecule is CCCCCCCC(=O)OCCCCCCCCC(=O)OC1[C@@H](COC(=O)CCN(C)C)O[C@@H](OC(=O)CCN(C)C)[C@H]1OC(=O)CCCCCCCCOC(=O)CCCCCCC. The van der Waals surface area contributed by atoms with E-state index >= 15 is 0 Å². The highest BCUT2D eigenvalue weighted by Crippen LogP contribution is 2.30. The van der Waals surface area contributed by atoms with Gasteiger partial charge in [-0.15, -0.1) is 0 Å². The van der Waals surface area contributed by atoms with Gasteiger partial charge in [-0.2, -0.15) is 0 Å². The molecule has 0 bridgehead atoms. The van der Waals surface area contributed by atoms with Gasteiger partial charge in [0.1, 0.15) is 12.7 Å². The summed E-state index contributed by atoms with van der Waals surface area (Å²) >= 11 is 0. The molecule has 1 saturated heterocycles. The number of unbranched alkanes of at least 4 members (excludes halogenated alkanes) is 18. The van der Waals surface area contributed by atoms with E-state index in [2.05, 4.69) is 13.8 Å². The molecule has 4 atom stereocenters. The lowest BCUT2D eigenvalue weighted by atomic mass is 10.1. The van der Waals surface area contributed by atoms with Gasteiger partial charge in [0, 0.05) is 38.8 Å². The van der Waals surface area contributed by atoms with E-state index in [-0.39, 0.29) is 44.2 Å². The number of carbonyl (C=O) groups excluding carboxylic acids is 6. The second-order valence-corrected chi connectivity index (χ2v) is 17.7. The molecule has 15 heteroatoms. The van der Waals surface area contributed by atoms with Crippen molar-refractivity contribution in [2.45, 2.75) is 218 Å². The Morgan fingerprint density at radius 1 is 0.391 bits per heavy atom. The Bertz CT molecular complexity index is 1260. The van der Waals surface area contributed by atoms with Crippen LogP contribution in [0.4, 0.5) is 0 Å². The molecule has 1 heterocycles. The number of hydrogen-bond acceptors (Lipinski definition) is 15. The van der Waals surface area contributed by atoms with Crippen molar-refractivity contribution in [1.29, 1.82) is 0 Å². The lowest BCUT2D eigenvalue weighted by Gasteiger charge is -2.24. The molecule has 0 spiro atoms. The van der Waals surface area contributed by atoms with Gasteiger partial charge in [0.05, 0.1) is 26.1 Å². The highest BCUT2D eigenvalue weighted by molar-refractivity contribution is 5.72. The molecule has 0 aromatic heterocycles. The maximum Gasteiger partial charge on any atom is 0.309 e. The van der Waals surface area contributed by atoms with Crippen LogP contribution in [-0.4, -0.2) is 131 Å². The highest BCUT2D eigenvalue weighted by atomic mass is 16.8. The van der Waals surface area contributed by atoms with E-state index in [4.69, 9.17) is 33.2 Å².